The number of benzene rings is 1. The van der Waals surface area contributed by atoms with Crippen LogP contribution in [0.15, 0.2) is 36.5 Å². The second-order valence-corrected chi connectivity index (χ2v) is 3.82. The summed E-state index contributed by atoms with van der Waals surface area (Å²) in [5.41, 5.74) is 6.11. The van der Waals surface area contributed by atoms with Crippen LogP contribution in [-0.2, 0) is 6.54 Å². The van der Waals surface area contributed by atoms with Crippen molar-refractivity contribution in [3.8, 4) is 11.6 Å². The quantitative estimate of drug-likeness (QED) is 0.913. The lowest BCUT2D eigenvalue weighted by Gasteiger charge is -2.06. The predicted molar refractivity (Wildman–Crippen MR) is 63.6 cm³/mol. The largest absolute Gasteiger partial charge is 0.436 e. The Balaban J connectivity index is 2.21. The molecule has 0 unspecified atom stereocenters. The first kappa shape index (κ1) is 11.8. The minimum absolute atomic E-state index is 0.108. The summed E-state index contributed by atoms with van der Waals surface area (Å²) < 4.78 is 18.8. The van der Waals surface area contributed by atoms with Gasteiger partial charge in [-0.25, -0.2) is 9.37 Å². The molecule has 5 heteroatoms. The van der Waals surface area contributed by atoms with E-state index in [-0.39, 0.29) is 18.2 Å². The van der Waals surface area contributed by atoms with E-state index in [0.29, 0.717) is 10.6 Å². The summed E-state index contributed by atoms with van der Waals surface area (Å²) >= 11 is 5.68. The van der Waals surface area contributed by atoms with Crippen molar-refractivity contribution >= 4 is 11.6 Å². The van der Waals surface area contributed by atoms with Crippen LogP contribution in [0.25, 0.3) is 0 Å². The molecule has 0 radical (unpaired) electrons. The van der Waals surface area contributed by atoms with E-state index in [2.05, 4.69) is 4.98 Å². The summed E-state index contributed by atoms with van der Waals surface area (Å²) in [5.74, 6) is -0.0736. The van der Waals surface area contributed by atoms with Gasteiger partial charge in [0.05, 0.1) is 5.02 Å². The second kappa shape index (κ2) is 5.12. The molecule has 0 spiro atoms. The van der Waals surface area contributed by atoms with Crippen molar-refractivity contribution in [2.45, 2.75) is 6.54 Å². The summed E-state index contributed by atoms with van der Waals surface area (Å²) in [4.78, 5) is 3.91. The van der Waals surface area contributed by atoms with Crippen molar-refractivity contribution in [1.82, 2.24) is 4.98 Å². The molecule has 0 atom stereocenters. The number of pyridine rings is 1. The highest BCUT2D eigenvalue weighted by molar-refractivity contribution is 6.30. The molecule has 2 N–H and O–H groups in total. The Labute approximate surface area is 103 Å². The average Bonchev–Trinajstić information content (AvgIpc) is 2.34. The van der Waals surface area contributed by atoms with Gasteiger partial charge in [-0.05, 0) is 23.8 Å². The Bertz CT molecular complexity index is 516. The van der Waals surface area contributed by atoms with E-state index in [4.69, 9.17) is 22.1 Å². The van der Waals surface area contributed by atoms with Crippen molar-refractivity contribution in [1.29, 1.82) is 0 Å². The molecule has 0 fully saturated rings. The number of nitrogens with two attached hydrogens (primary N) is 1. The van der Waals surface area contributed by atoms with E-state index in [0.717, 1.165) is 0 Å². The molecular formula is C12H10ClFN2O. The fourth-order valence-electron chi connectivity index (χ4n) is 1.29. The fraction of sp³-hybridized carbons (Fsp3) is 0.0833. The van der Waals surface area contributed by atoms with Crippen LogP contribution in [-0.4, -0.2) is 4.98 Å². The number of rotatable bonds is 3. The van der Waals surface area contributed by atoms with Gasteiger partial charge in [-0.2, -0.15) is 0 Å². The average molecular weight is 253 g/mol. The minimum atomic E-state index is -0.468. The van der Waals surface area contributed by atoms with Gasteiger partial charge in [0, 0.05) is 18.8 Å². The standard InChI is InChI=1S/C12H10ClFN2O/c13-9-2-4-12(16-7-9)17-11-3-1-8(6-15)5-10(11)14/h1-5,7H,6,15H2. The number of ether oxygens (including phenoxy) is 1. The third-order valence-electron chi connectivity index (χ3n) is 2.15. The number of hydrogen-bond donors (Lipinski definition) is 1. The van der Waals surface area contributed by atoms with Crippen molar-refractivity contribution in [2.75, 3.05) is 0 Å². The van der Waals surface area contributed by atoms with Gasteiger partial charge >= 0.3 is 0 Å². The van der Waals surface area contributed by atoms with Gasteiger partial charge in [-0.3, -0.25) is 0 Å². The third kappa shape index (κ3) is 2.93. The summed E-state index contributed by atoms with van der Waals surface area (Å²) in [6.45, 7) is 0.288. The zero-order chi connectivity index (χ0) is 12.3. The number of nitrogens with zero attached hydrogens (tertiary/aromatic N) is 1. The molecule has 0 saturated carbocycles. The maximum Gasteiger partial charge on any atom is 0.219 e. The van der Waals surface area contributed by atoms with E-state index in [1.54, 1.807) is 18.2 Å². The zero-order valence-electron chi connectivity index (χ0n) is 8.86. The normalized spacial score (nSPS) is 10.3. The molecule has 0 aliphatic carbocycles. The van der Waals surface area contributed by atoms with Crippen LogP contribution in [0.4, 0.5) is 4.39 Å². The molecule has 17 heavy (non-hydrogen) atoms. The van der Waals surface area contributed by atoms with Gasteiger partial charge in [-0.1, -0.05) is 17.7 Å². The van der Waals surface area contributed by atoms with Crippen LogP contribution in [0.2, 0.25) is 5.02 Å². The number of aromatic nitrogens is 1. The van der Waals surface area contributed by atoms with Gasteiger partial charge in [0.2, 0.25) is 5.88 Å². The predicted octanol–water partition coefficient (Wildman–Crippen LogP) is 3.13. The Morgan fingerprint density at radius 1 is 1.29 bits per heavy atom. The van der Waals surface area contributed by atoms with Gasteiger partial charge in [0.25, 0.3) is 0 Å². The van der Waals surface area contributed by atoms with Crippen molar-refractivity contribution in [2.24, 2.45) is 5.73 Å². The van der Waals surface area contributed by atoms with Crippen LogP contribution in [0.3, 0.4) is 0 Å². The van der Waals surface area contributed by atoms with Crippen LogP contribution in [0.1, 0.15) is 5.56 Å². The Hall–Kier alpha value is -1.65. The molecular weight excluding hydrogens is 243 g/mol. The Morgan fingerprint density at radius 3 is 2.71 bits per heavy atom. The highest BCUT2D eigenvalue weighted by Crippen LogP contribution is 2.24. The topological polar surface area (TPSA) is 48.1 Å². The zero-order valence-corrected chi connectivity index (χ0v) is 9.62. The maximum atomic E-state index is 13.6. The number of hydrogen-bond acceptors (Lipinski definition) is 3. The molecule has 1 aromatic carbocycles. The molecule has 88 valence electrons. The Kier molecular flexibility index (Phi) is 3.56. The van der Waals surface area contributed by atoms with Gasteiger partial charge in [0.1, 0.15) is 0 Å². The first-order valence-electron chi connectivity index (χ1n) is 4.97. The molecule has 2 aromatic rings. The first-order chi connectivity index (χ1) is 8.19. The molecule has 0 amide bonds. The lowest BCUT2D eigenvalue weighted by atomic mass is 10.2. The van der Waals surface area contributed by atoms with Crippen LogP contribution in [0, 0.1) is 5.82 Å². The highest BCUT2D eigenvalue weighted by Gasteiger charge is 2.06. The highest BCUT2D eigenvalue weighted by atomic mass is 35.5. The van der Waals surface area contributed by atoms with Gasteiger partial charge < -0.3 is 10.5 Å². The molecule has 0 aliphatic heterocycles. The molecule has 2 rings (SSSR count). The minimum Gasteiger partial charge on any atom is -0.436 e. The van der Waals surface area contributed by atoms with Crippen LogP contribution >= 0.6 is 11.6 Å². The molecule has 3 nitrogen and oxygen atoms in total. The van der Waals surface area contributed by atoms with Crippen LogP contribution in [0.5, 0.6) is 11.6 Å². The fourth-order valence-corrected chi connectivity index (χ4v) is 1.40. The molecule has 0 aliphatic rings. The summed E-state index contributed by atoms with van der Waals surface area (Å²) in [7, 11) is 0. The second-order valence-electron chi connectivity index (χ2n) is 3.39. The van der Waals surface area contributed by atoms with E-state index in [9.17, 15) is 4.39 Å². The van der Waals surface area contributed by atoms with E-state index >= 15 is 0 Å². The molecule has 0 bridgehead atoms. The van der Waals surface area contributed by atoms with E-state index in [1.165, 1.54) is 18.3 Å². The lowest BCUT2D eigenvalue weighted by molar-refractivity contribution is 0.427. The van der Waals surface area contributed by atoms with E-state index in [1.807, 2.05) is 0 Å². The SMILES string of the molecule is NCc1ccc(Oc2ccc(Cl)cn2)c(F)c1. The number of halogens is 2. The van der Waals surface area contributed by atoms with Gasteiger partial charge in [-0.15, -0.1) is 0 Å². The summed E-state index contributed by atoms with van der Waals surface area (Å²) in [5, 5.41) is 0.497. The lowest BCUT2D eigenvalue weighted by Crippen LogP contribution is -1.98. The smallest absolute Gasteiger partial charge is 0.219 e. The monoisotopic (exact) mass is 252 g/mol. The summed E-state index contributed by atoms with van der Waals surface area (Å²) in [6.07, 6.45) is 1.43. The molecule has 1 heterocycles. The van der Waals surface area contributed by atoms with Crippen molar-refractivity contribution in [3.05, 3.63) is 52.9 Å². The first-order valence-corrected chi connectivity index (χ1v) is 5.35. The molecule has 0 saturated heterocycles. The van der Waals surface area contributed by atoms with Crippen molar-refractivity contribution < 1.29 is 9.13 Å². The molecule has 1 aromatic heterocycles. The Morgan fingerprint density at radius 2 is 2.12 bits per heavy atom. The maximum absolute atomic E-state index is 13.6. The van der Waals surface area contributed by atoms with Crippen LogP contribution < -0.4 is 10.5 Å². The van der Waals surface area contributed by atoms with Gasteiger partial charge in [0.15, 0.2) is 11.6 Å². The third-order valence-corrected chi connectivity index (χ3v) is 2.37. The summed E-state index contributed by atoms with van der Waals surface area (Å²) in [6, 6.07) is 7.75. The van der Waals surface area contributed by atoms with E-state index < -0.39 is 5.82 Å². The van der Waals surface area contributed by atoms with Crippen molar-refractivity contribution in [3.63, 3.8) is 0 Å².